The quantitative estimate of drug-likeness (QED) is 0.106. The third-order valence-corrected chi connectivity index (χ3v) is 9.14. The van der Waals surface area contributed by atoms with Gasteiger partial charge in [-0.2, -0.15) is 4.98 Å². The van der Waals surface area contributed by atoms with Gasteiger partial charge in [-0.05, 0) is 64.7 Å². The van der Waals surface area contributed by atoms with Crippen molar-refractivity contribution in [2.75, 3.05) is 7.11 Å². The van der Waals surface area contributed by atoms with E-state index in [4.69, 9.17) is 23.0 Å². The summed E-state index contributed by atoms with van der Waals surface area (Å²) < 4.78 is 44.8. The number of imidazole rings is 1. The van der Waals surface area contributed by atoms with E-state index in [9.17, 15) is 4.79 Å². The Balaban J connectivity index is 1.24. The van der Waals surface area contributed by atoms with Crippen molar-refractivity contribution in [3.05, 3.63) is 138 Å². The maximum absolute atomic E-state index is 15.0. The van der Waals surface area contributed by atoms with Crippen LogP contribution in [0.5, 0.6) is 23.3 Å². The Labute approximate surface area is 262 Å². The van der Waals surface area contributed by atoms with Crippen molar-refractivity contribution >= 4 is 46.4 Å². The molecule has 1 unspecified atom stereocenters. The summed E-state index contributed by atoms with van der Waals surface area (Å²) in [5.74, 6) is 0.933. The summed E-state index contributed by atoms with van der Waals surface area (Å²) in [6, 6.07) is 37.0. The molecule has 6 aromatic carbocycles. The number of ether oxygens (including phenoxy) is 2. The zero-order valence-electron chi connectivity index (χ0n) is 24.4. The van der Waals surface area contributed by atoms with Crippen molar-refractivity contribution in [1.82, 2.24) is 9.97 Å². The van der Waals surface area contributed by atoms with Gasteiger partial charge in [0.05, 0.1) is 23.7 Å². The van der Waals surface area contributed by atoms with Crippen LogP contribution in [0.3, 0.4) is 0 Å². The van der Waals surface area contributed by atoms with Gasteiger partial charge in [0, 0.05) is 16.5 Å². The molecule has 2 heterocycles. The number of phosphoric acid groups is 1. The minimum atomic E-state index is -4.54. The molecule has 7 aromatic rings. The van der Waals surface area contributed by atoms with Crippen LogP contribution >= 0.6 is 7.82 Å². The molecule has 9 nitrogen and oxygen atoms in total. The number of para-hydroxylation sites is 2. The Kier molecular flexibility index (Phi) is 6.71. The maximum Gasteiger partial charge on any atom is 0.590 e. The zero-order valence-corrected chi connectivity index (χ0v) is 25.3. The molecule has 1 aromatic heterocycles. The Hall–Kier alpha value is -5.63. The standard InChI is InChI=1S/C36H25N2O7P/c1-41-35(39)25-17-18-29-30(21-25)38-36(37-29)45-46(40,43-33-16-8-11-24-19-22-9-2-3-10-23(22)20-28(24)33)44-34-26-12-4-6-14-31(26)42-32-15-7-5-13-27(32)34/h2-21,34H,1H3,(H,37,38). The number of nitrogens with one attached hydrogen (secondary N) is 1. The van der Waals surface area contributed by atoms with E-state index in [0.717, 1.165) is 21.5 Å². The van der Waals surface area contributed by atoms with Gasteiger partial charge in [0.15, 0.2) is 0 Å². The van der Waals surface area contributed by atoms with Crippen LogP contribution in [-0.4, -0.2) is 23.0 Å². The SMILES string of the molecule is COC(=O)c1ccc2nc(OP(=O)(Oc3cccc4cc5ccccc5cc34)OC3c4ccccc4Oc4ccccc43)[nH]c2c1. The van der Waals surface area contributed by atoms with Crippen LogP contribution in [0.25, 0.3) is 32.6 Å². The zero-order chi connectivity index (χ0) is 31.3. The Morgan fingerprint density at radius 2 is 1.43 bits per heavy atom. The molecule has 0 amide bonds. The number of methoxy groups -OCH3 is 1. The van der Waals surface area contributed by atoms with Crippen molar-refractivity contribution in [2.45, 2.75) is 6.10 Å². The van der Waals surface area contributed by atoms with E-state index in [1.54, 1.807) is 24.3 Å². The molecule has 8 rings (SSSR count). The Morgan fingerprint density at radius 1 is 0.761 bits per heavy atom. The molecule has 1 N–H and O–H groups in total. The number of carbonyl (C=O) groups is 1. The van der Waals surface area contributed by atoms with Gasteiger partial charge >= 0.3 is 19.8 Å². The van der Waals surface area contributed by atoms with Crippen LogP contribution in [0.2, 0.25) is 0 Å². The number of esters is 1. The van der Waals surface area contributed by atoms with Gasteiger partial charge in [0.25, 0.3) is 0 Å². The van der Waals surface area contributed by atoms with Crippen molar-refractivity contribution in [3.8, 4) is 23.3 Å². The number of phosphoric ester groups is 1. The van der Waals surface area contributed by atoms with Gasteiger partial charge in [-0.3, -0.25) is 4.52 Å². The summed E-state index contributed by atoms with van der Waals surface area (Å²) in [7, 11) is -3.23. The van der Waals surface area contributed by atoms with Crippen LogP contribution in [0.1, 0.15) is 27.6 Å². The fourth-order valence-electron chi connectivity index (χ4n) is 5.69. The molecule has 1 aliphatic heterocycles. The van der Waals surface area contributed by atoms with Crippen LogP contribution in [0.15, 0.2) is 121 Å². The first kappa shape index (κ1) is 27.9. The number of nitrogens with zero attached hydrogens (tertiary/aromatic N) is 1. The molecule has 0 aliphatic carbocycles. The highest BCUT2D eigenvalue weighted by atomic mass is 31.2. The number of aromatic amines is 1. The summed E-state index contributed by atoms with van der Waals surface area (Å²) >= 11 is 0. The molecular formula is C36H25N2O7P. The summed E-state index contributed by atoms with van der Waals surface area (Å²) in [6.07, 6.45) is -0.863. The minimum Gasteiger partial charge on any atom is -0.465 e. The normalized spacial score (nSPS) is 13.8. The fraction of sp³-hybridized carbons (Fsp3) is 0.0556. The van der Waals surface area contributed by atoms with E-state index in [1.807, 2.05) is 97.1 Å². The number of fused-ring (bicyclic) bond motifs is 5. The lowest BCUT2D eigenvalue weighted by Gasteiger charge is -2.30. The molecule has 0 saturated heterocycles. The van der Waals surface area contributed by atoms with Gasteiger partial charge in [-0.25, -0.2) is 9.36 Å². The fourth-order valence-corrected chi connectivity index (χ4v) is 7.00. The number of rotatable bonds is 7. The molecule has 1 aliphatic rings. The monoisotopic (exact) mass is 628 g/mol. The number of benzene rings is 6. The number of aromatic nitrogens is 2. The molecule has 0 saturated carbocycles. The number of hydrogen-bond donors (Lipinski definition) is 1. The van der Waals surface area contributed by atoms with Crippen LogP contribution in [-0.2, 0) is 13.8 Å². The smallest absolute Gasteiger partial charge is 0.465 e. The summed E-state index contributed by atoms with van der Waals surface area (Å²) in [4.78, 5) is 19.6. The van der Waals surface area contributed by atoms with E-state index in [1.165, 1.54) is 7.11 Å². The molecule has 226 valence electrons. The predicted molar refractivity (Wildman–Crippen MR) is 174 cm³/mol. The van der Waals surface area contributed by atoms with E-state index in [0.29, 0.717) is 45.0 Å². The van der Waals surface area contributed by atoms with Crippen molar-refractivity contribution in [2.24, 2.45) is 0 Å². The van der Waals surface area contributed by atoms with Gasteiger partial charge in [0.1, 0.15) is 23.4 Å². The first-order chi connectivity index (χ1) is 22.5. The highest BCUT2D eigenvalue weighted by molar-refractivity contribution is 7.49. The Bertz CT molecular complexity index is 2310. The van der Waals surface area contributed by atoms with E-state index in [-0.39, 0.29) is 6.01 Å². The van der Waals surface area contributed by atoms with Crippen LogP contribution in [0, 0.1) is 0 Å². The van der Waals surface area contributed by atoms with Crippen LogP contribution in [0.4, 0.5) is 0 Å². The first-order valence-electron chi connectivity index (χ1n) is 14.5. The topological polar surface area (TPSA) is 109 Å². The number of hydrogen-bond acceptors (Lipinski definition) is 8. The van der Waals surface area contributed by atoms with Gasteiger partial charge in [0.2, 0.25) is 0 Å². The predicted octanol–water partition coefficient (Wildman–Crippen LogP) is 9.13. The molecule has 46 heavy (non-hydrogen) atoms. The third-order valence-electron chi connectivity index (χ3n) is 7.85. The second-order valence-electron chi connectivity index (χ2n) is 10.7. The molecular weight excluding hydrogens is 603 g/mol. The van der Waals surface area contributed by atoms with E-state index in [2.05, 4.69) is 9.97 Å². The summed E-state index contributed by atoms with van der Waals surface area (Å²) in [6.45, 7) is 0. The maximum atomic E-state index is 15.0. The van der Waals surface area contributed by atoms with Gasteiger partial charge < -0.3 is 23.5 Å². The second kappa shape index (κ2) is 11.1. The summed E-state index contributed by atoms with van der Waals surface area (Å²) in [5.41, 5.74) is 2.59. The second-order valence-corrected chi connectivity index (χ2v) is 12.2. The van der Waals surface area contributed by atoms with Crippen molar-refractivity contribution in [3.63, 3.8) is 0 Å². The van der Waals surface area contributed by atoms with Gasteiger partial charge in [-0.15, -0.1) is 0 Å². The third kappa shape index (κ3) is 5.01. The van der Waals surface area contributed by atoms with E-state index >= 15 is 4.57 Å². The van der Waals surface area contributed by atoms with Crippen molar-refractivity contribution < 1.29 is 32.4 Å². The summed E-state index contributed by atoms with van der Waals surface area (Å²) in [5, 5.41) is 3.68. The minimum absolute atomic E-state index is 0.111. The highest BCUT2D eigenvalue weighted by Crippen LogP contribution is 2.57. The number of carbonyl (C=O) groups excluding carboxylic acids is 1. The molecule has 0 fully saturated rings. The largest absolute Gasteiger partial charge is 0.590 e. The number of H-pyrrole nitrogens is 1. The lowest BCUT2D eigenvalue weighted by molar-refractivity contribution is 0.0600. The highest BCUT2D eigenvalue weighted by Gasteiger charge is 2.41. The lowest BCUT2D eigenvalue weighted by atomic mass is 9.97. The lowest BCUT2D eigenvalue weighted by Crippen LogP contribution is -2.16. The molecule has 1 atom stereocenters. The van der Waals surface area contributed by atoms with Crippen LogP contribution < -0.4 is 13.8 Å². The molecule has 0 spiro atoms. The molecule has 0 bridgehead atoms. The molecule has 10 heteroatoms. The molecule has 0 radical (unpaired) electrons. The average Bonchev–Trinajstić information content (AvgIpc) is 3.48. The first-order valence-corrected chi connectivity index (χ1v) is 16.0. The van der Waals surface area contributed by atoms with Crippen molar-refractivity contribution in [1.29, 1.82) is 0 Å². The Morgan fingerprint density at radius 3 is 2.17 bits per heavy atom. The van der Waals surface area contributed by atoms with E-state index < -0.39 is 19.9 Å². The average molecular weight is 629 g/mol. The van der Waals surface area contributed by atoms with Gasteiger partial charge in [-0.1, -0.05) is 72.8 Å².